The molecule has 2 rings (SSSR count). The molecular weight excluding hydrogens is 248 g/mol. The molecule has 2 heterocycles. The molecule has 1 atom stereocenters. The van der Waals surface area contributed by atoms with Crippen LogP contribution >= 0.6 is 0 Å². The Morgan fingerprint density at radius 2 is 2.21 bits per heavy atom. The topological polar surface area (TPSA) is 15.6 Å². The Hall–Kier alpha value is 0.379. The van der Waals surface area contributed by atoms with Crippen molar-refractivity contribution in [2.75, 3.05) is 6.54 Å². The molecule has 0 aromatic carbocycles. The average Bonchev–Trinajstić information content (AvgIpc) is 2.31. The monoisotopic (exact) mass is 264 g/mol. The van der Waals surface area contributed by atoms with E-state index < -0.39 is 5.44 Å². The van der Waals surface area contributed by atoms with Crippen LogP contribution in [0.4, 0.5) is 0 Å². The first-order valence-electron chi connectivity index (χ1n) is 4.35. The van der Waals surface area contributed by atoms with Crippen molar-refractivity contribution in [1.29, 1.82) is 0 Å². The molecule has 0 aromatic heterocycles. The first-order chi connectivity index (χ1) is 5.58. The molecule has 0 amide bonds. The van der Waals surface area contributed by atoms with Crippen LogP contribution in [0.1, 0.15) is 34.1 Å². The molecular formula is C10H16BN2Y-. The third kappa shape index (κ3) is 2.70. The van der Waals surface area contributed by atoms with Crippen molar-refractivity contribution in [3.63, 3.8) is 0 Å². The van der Waals surface area contributed by atoms with E-state index in [0.29, 0.717) is 0 Å². The predicted octanol–water partition coefficient (Wildman–Crippen LogP) is 1.72. The zero-order valence-electron chi connectivity index (χ0n) is 8.17. The number of fused-ring (bicyclic) bond motifs is 1. The van der Waals surface area contributed by atoms with E-state index in [1.807, 2.05) is 13.8 Å². The van der Waals surface area contributed by atoms with E-state index in [-0.39, 0.29) is 40.1 Å². The first kappa shape index (κ1) is 14.4. The first-order valence-corrected chi connectivity index (χ1v) is 4.35. The number of amidine groups is 1. The van der Waals surface area contributed by atoms with Crippen molar-refractivity contribution in [2.45, 2.75) is 39.6 Å². The molecule has 0 spiro atoms. The Morgan fingerprint density at radius 1 is 1.57 bits per heavy atom. The van der Waals surface area contributed by atoms with Crippen LogP contribution in [-0.4, -0.2) is 30.6 Å². The van der Waals surface area contributed by atoms with E-state index in [2.05, 4.69) is 16.0 Å². The van der Waals surface area contributed by atoms with Gasteiger partial charge >= 0.3 is 0 Å². The van der Waals surface area contributed by atoms with Gasteiger partial charge in [-0.15, -0.1) is 5.44 Å². The molecule has 2 nitrogen and oxygen atoms in total. The third-order valence-electron chi connectivity index (χ3n) is 2.30. The molecule has 0 aliphatic carbocycles. The maximum atomic E-state index is 5.88. The summed E-state index contributed by atoms with van der Waals surface area (Å²) < 4.78 is 0. The molecule has 1 unspecified atom stereocenters. The fraction of sp³-hybridized carbons (Fsp3) is 0.700. The molecule has 1 fully saturated rings. The van der Waals surface area contributed by atoms with Crippen LogP contribution in [0.25, 0.3) is 0 Å². The minimum absolute atomic E-state index is 0. The summed E-state index contributed by atoms with van der Waals surface area (Å²) in [6.07, 6.45) is 5.51. The number of hydrogen-bond donors (Lipinski definition) is 0. The molecule has 2 aliphatic heterocycles. The third-order valence-corrected chi connectivity index (χ3v) is 2.30. The van der Waals surface area contributed by atoms with Gasteiger partial charge in [0.05, 0.1) is 13.7 Å². The van der Waals surface area contributed by atoms with E-state index in [1.54, 1.807) is 0 Å². The number of nitrogens with zero attached hydrogens (tertiary/aromatic N) is 2. The summed E-state index contributed by atoms with van der Waals surface area (Å²) in [5.41, 5.74) is 0.632. The van der Waals surface area contributed by atoms with Gasteiger partial charge in [-0.1, -0.05) is 14.4 Å². The van der Waals surface area contributed by atoms with E-state index in [4.69, 9.17) is 7.85 Å². The molecule has 0 bridgehead atoms. The van der Waals surface area contributed by atoms with Gasteiger partial charge in [0.25, 0.3) is 0 Å². The van der Waals surface area contributed by atoms with Gasteiger partial charge in [-0.3, -0.25) is 0 Å². The Bertz CT molecular complexity index is 271. The molecule has 14 heavy (non-hydrogen) atoms. The quantitative estimate of drug-likeness (QED) is 0.480. The summed E-state index contributed by atoms with van der Waals surface area (Å²) in [5.74, 6) is 1.03. The van der Waals surface area contributed by atoms with Gasteiger partial charge in [-0.05, 0) is 19.8 Å². The normalized spacial score (nSPS) is 29.4. The largest absolute Gasteiger partial charge is 0.456 e. The second kappa shape index (κ2) is 4.94. The van der Waals surface area contributed by atoms with Crippen LogP contribution in [0.2, 0.25) is 0 Å². The molecule has 4 heteroatoms. The second-order valence-corrected chi connectivity index (χ2v) is 3.63. The van der Waals surface area contributed by atoms with Crippen molar-refractivity contribution in [1.82, 2.24) is 4.90 Å². The van der Waals surface area contributed by atoms with Gasteiger partial charge in [-0.25, -0.2) is 0 Å². The van der Waals surface area contributed by atoms with E-state index in [0.717, 1.165) is 18.8 Å². The SMILES string of the molecule is C.[B]C1(C)[C-]=C2CCCN2C(C)=N1.[Y]. The number of rotatable bonds is 0. The molecule has 0 saturated carbocycles. The molecule has 73 valence electrons. The van der Waals surface area contributed by atoms with Gasteiger partial charge in [0.2, 0.25) is 0 Å². The number of aliphatic imine (C=N–C) groups is 1. The summed E-state index contributed by atoms with van der Waals surface area (Å²) in [7, 11) is 5.88. The number of hydrogen-bond acceptors (Lipinski definition) is 2. The van der Waals surface area contributed by atoms with E-state index in [9.17, 15) is 0 Å². The van der Waals surface area contributed by atoms with Crippen LogP contribution in [0.3, 0.4) is 0 Å². The smallest absolute Gasteiger partial charge is 0.0944 e. The van der Waals surface area contributed by atoms with E-state index >= 15 is 0 Å². The van der Waals surface area contributed by atoms with Crippen LogP contribution < -0.4 is 0 Å². The fourth-order valence-corrected chi connectivity index (χ4v) is 1.88. The molecule has 3 radical (unpaired) electrons. The minimum atomic E-state index is -0.597. The Kier molecular flexibility index (Phi) is 5.07. The van der Waals surface area contributed by atoms with Crippen LogP contribution in [0, 0.1) is 6.08 Å². The summed E-state index contributed by atoms with van der Waals surface area (Å²) in [4.78, 5) is 6.55. The summed E-state index contributed by atoms with van der Waals surface area (Å²) in [6.45, 7) is 4.98. The Balaban J connectivity index is 0.000000845. The van der Waals surface area contributed by atoms with Gasteiger partial charge in [0.15, 0.2) is 0 Å². The van der Waals surface area contributed by atoms with Crippen molar-refractivity contribution in [3.05, 3.63) is 11.8 Å². The minimum Gasteiger partial charge on any atom is -0.456 e. The second-order valence-electron chi connectivity index (χ2n) is 3.63. The summed E-state index contributed by atoms with van der Waals surface area (Å²) in [5, 5.41) is 0. The number of allylic oxidation sites excluding steroid dienone is 1. The predicted molar refractivity (Wildman–Crippen MR) is 56.7 cm³/mol. The van der Waals surface area contributed by atoms with Crippen molar-refractivity contribution >= 4 is 13.7 Å². The fourth-order valence-electron chi connectivity index (χ4n) is 1.88. The van der Waals surface area contributed by atoms with Gasteiger partial charge in [-0.2, -0.15) is 5.70 Å². The average molecular weight is 264 g/mol. The van der Waals surface area contributed by atoms with Crippen LogP contribution in [-0.2, 0) is 32.7 Å². The van der Waals surface area contributed by atoms with Crippen LogP contribution in [0.15, 0.2) is 10.7 Å². The van der Waals surface area contributed by atoms with Gasteiger partial charge < -0.3 is 16.0 Å². The zero-order valence-corrected chi connectivity index (χ0v) is 11.0. The Morgan fingerprint density at radius 3 is 2.86 bits per heavy atom. The standard InChI is InChI=1S/C9H12BN2.CH4.Y/c1-7-11-9(2,10)6-8-4-3-5-12(7)8;;/h3-5H2,1-2H3;1H4;/q-1;;. The van der Waals surface area contributed by atoms with E-state index in [1.165, 1.54) is 12.1 Å². The van der Waals surface area contributed by atoms with Crippen molar-refractivity contribution < 1.29 is 32.7 Å². The van der Waals surface area contributed by atoms with Gasteiger partial charge in [0.1, 0.15) is 0 Å². The molecule has 1 saturated heterocycles. The maximum Gasteiger partial charge on any atom is 0.0944 e. The van der Waals surface area contributed by atoms with Crippen LogP contribution in [0.5, 0.6) is 0 Å². The molecule has 2 aliphatic rings. The van der Waals surface area contributed by atoms with Crippen molar-refractivity contribution in [3.8, 4) is 0 Å². The summed E-state index contributed by atoms with van der Waals surface area (Å²) in [6, 6.07) is 0. The van der Waals surface area contributed by atoms with Crippen molar-refractivity contribution in [2.24, 2.45) is 4.99 Å². The van der Waals surface area contributed by atoms with Gasteiger partial charge in [0, 0.05) is 39.3 Å². The maximum absolute atomic E-state index is 5.88. The summed E-state index contributed by atoms with van der Waals surface area (Å²) >= 11 is 0. The Labute approximate surface area is 114 Å². The molecule has 0 aromatic rings. The zero-order chi connectivity index (χ0) is 8.77. The molecule has 0 N–H and O–H groups in total.